The number of nitrogens with zero attached hydrogens (tertiary/aromatic N) is 3. The maximum absolute atomic E-state index is 13.6. The first kappa shape index (κ1) is 22.8. The van der Waals surface area contributed by atoms with Crippen LogP contribution in [-0.4, -0.2) is 61.3 Å². The van der Waals surface area contributed by atoms with E-state index in [1.807, 2.05) is 12.1 Å². The molecule has 2 aromatic carbocycles. The Hall–Kier alpha value is -1.98. The highest BCUT2D eigenvalue weighted by molar-refractivity contribution is 7.98. The molecule has 33 heavy (non-hydrogen) atoms. The van der Waals surface area contributed by atoms with E-state index in [1.165, 1.54) is 28.2 Å². The summed E-state index contributed by atoms with van der Waals surface area (Å²) in [6, 6.07) is 11.7. The van der Waals surface area contributed by atoms with E-state index in [9.17, 15) is 12.8 Å². The molecule has 2 fully saturated rings. The van der Waals surface area contributed by atoms with Gasteiger partial charge in [-0.3, -0.25) is 0 Å². The number of fused-ring (bicyclic) bond motifs is 1. The van der Waals surface area contributed by atoms with E-state index in [0.717, 1.165) is 35.7 Å². The number of imidazole rings is 1. The van der Waals surface area contributed by atoms with Crippen LogP contribution in [0.4, 0.5) is 4.39 Å². The molecule has 0 radical (unpaired) electrons. The zero-order chi connectivity index (χ0) is 22.8. The van der Waals surface area contributed by atoms with Crippen LogP contribution in [0.25, 0.3) is 11.0 Å². The third kappa shape index (κ3) is 4.95. The van der Waals surface area contributed by atoms with Gasteiger partial charge in [0, 0.05) is 25.4 Å². The van der Waals surface area contributed by atoms with Gasteiger partial charge in [-0.1, -0.05) is 23.9 Å². The van der Waals surface area contributed by atoms with Crippen molar-refractivity contribution in [1.29, 1.82) is 0 Å². The van der Waals surface area contributed by atoms with Crippen molar-refractivity contribution in [3.63, 3.8) is 0 Å². The molecule has 2 saturated heterocycles. The van der Waals surface area contributed by atoms with Crippen molar-refractivity contribution in [3.05, 3.63) is 53.8 Å². The maximum atomic E-state index is 13.6. The summed E-state index contributed by atoms with van der Waals surface area (Å²) < 4.78 is 54.5. The van der Waals surface area contributed by atoms with Crippen molar-refractivity contribution < 1.29 is 22.3 Å². The molecule has 0 bridgehead atoms. The van der Waals surface area contributed by atoms with Gasteiger partial charge in [0.25, 0.3) is 0 Å². The molecule has 0 saturated carbocycles. The highest BCUT2D eigenvalue weighted by Gasteiger charge is 2.27. The second-order valence-electron chi connectivity index (χ2n) is 8.23. The third-order valence-corrected chi connectivity index (χ3v) is 8.90. The zero-order valence-corrected chi connectivity index (χ0v) is 19.8. The van der Waals surface area contributed by atoms with Gasteiger partial charge in [0.2, 0.25) is 10.0 Å². The summed E-state index contributed by atoms with van der Waals surface area (Å²) in [4.78, 5) is 5.02. The normalized spacial score (nSPS) is 20.0. The van der Waals surface area contributed by atoms with Gasteiger partial charge in [0.05, 0.1) is 41.8 Å². The lowest BCUT2D eigenvalue weighted by molar-refractivity contribution is 0.0730. The van der Waals surface area contributed by atoms with Crippen molar-refractivity contribution in [2.24, 2.45) is 0 Å². The Morgan fingerprint density at radius 1 is 1.12 bits per heavy atom. The second-order valence-corrected chi connectivity index (χ2v) is 11.1. The van der Waals surface area contributed by atoms with Crippen LogP contribution in [-0.2, 0) is 31.8 Å². The number of thioether (sulfide) groups is 1. The summed E-state index contributed by atoms with van der Waals surface area (Å²) in [6.07, 6.45) is 2.12. The van der Waals surface area contributed by atoms with Crippen LogP contribution in [0.15, 0.2) is 52.5 Å². The Labute approximate surface area is 196 Å². The van der Waals surface area contributed by atoms with Crippen molar-refractivity contribution in [2.45, 2.75) is 41.3 Å². The van der Waals surface area contributed by atoms with Gasteiger partial charge >= 0.3 is 0 Å². The van der Waals surface area contributed by atoms with Crippen LogP contribution in [0, 0.1) is 5.82 Å². The number of ether oxygens (including phenoxy) is 2. The summed E-state index contributed by atoms with van der Waals surface area (Å²) in [7, 11) is -3.61. The molecule has 1 atom stereocenters. The summed E-state index contributed by atoms with van der Waals surface area (Å²) in [5.74, 6) is 0.296. The van der Waals surface area contributed by atoms with Gasteiger partial charge in [-0.2, -0.15) is 4.31 Å². The summed E-state index contributed by atoms with van der Waals surface area (Å²) in [6.45, 7) is 2.91. The van der Waals surface area contributed by atoms with Crippen LogP contribution in [0.3, 0.4) is 0 Å². The minimum atomic E-state index is -3.61. The number of hydrogen-bond acceptors (Lipinski definition) is 6. The molecule has 0 aliphatic carbocycles. The number of hydrogen-bond donors (Lipinski definition) is 0. The van der Waals surface area contributed by atoms with Gasteiger partial charge in [-0.05, 0) is 48.7 Å². The minimum absolute atomic E-state index is 0.104. The van der Waals surface area contributed by atoms with Crippen LogP contribution in [0.1, 0.15) is 18.4 Å². The number of halogens is 1. The standard InChI is InChI=1S/C23H26FN3O4S2/c24-18-4-1-3-17(13-18)16-32-23-25-21-14-20(33(28,29)26-8-11-30-12-9-26)6-7-22(21)27(23)15-19-5-2-10-31-19/h1,3-4,6-7,13-14,19H,2,5,8-12,15-16H2/t19-/m1/s1. The van der Waals surface area contributed by atoms with Gasteiger partial charge in [-0.25, -0.2) is 17.8 Å². The molecule has 5 rings (SSSR count). The molecule has 10 heteroatoms. The van der Waals surface area contributed by atoms with E-state index in [2.05, 4.69) is 4.57 Å². The molecule has 3 heterocycles. The average molecular weight is 492 g/mol. The van der Waals surface area contributed by atoms with Gasteiger partial charge in [-0.15, -0.1) is 0 Å². The largest absolute Gasteiger partial charge is 0.379 e. The van der Waals surface area contributed by atoms with E-state index in [-0.39, 0.29) is 16.8 Å². The van der Waals surface area contributed by atoms with E-state index < -0.39 is 10.0 Å². The molecule has 7 nitrogen and oxygen atoms in total. The topological polar surface area (TPSA) is 73.7 Å². The molecule has 1 aromatic heterocycles. The second kappa shape index (κ2) is 9.71. The fourth-order valence-corrected chi connectivity index (χ4v) is 6.63. The summed E-state index contributed by atoms with van der Waals surface area (Å²) in [5, 5.41) is 0.769. The fraction of sp³-hybridized carbons (Fsp3) is 0.435. The number of rotatable bonds is 7. The molecule has 0 spiro atoms. The predicted octanol–water partition coefficient (Wildman–Crippen LogP) is 3.67. The number of morpholine rings is 1. The zero-order valence-electron chi connectivity index (χ0n) is 18.2. The van der Waals surface area contributed by atoms with Gasteiger partial charge in [0.1, 0.15) is 5.82 Å². The Balaban J connectivity index is 1.47. The molecule has 3 aromatic rings. The Morgan fingerprint density at radius 2 is 1.97 bits per heavy atom. The molecule has 2 aliphatic heterocycles. The maximum Gasteiger partial charge on any atom is 0.243 e. The molecular formula is C23H26FN3O4S2. The molecule has 0 amide bonds. The minimum Gasteiger partial charge on any atom is -0.379 e. The van der Waals surface area contributed by atoms with Crippen molar-refractivity contribution in [3.8, 4) is 0 Å². The van der Waals surface area contributed by atoms with Gasteiger partial charge < -0.3 is 14.0 Å². The van der Waals surface area contributed by atoms with E-state index in [0.29, 0.717) is 44.1 Å². The Bertz CT molecular complexity index is 1240. The van der Waals surface area contributed by atoms with Crippen LogP contribution in [0.5, 0.6) is 0 Å². The smallest absolute Gasteiger partial charge is 0.243 e. The fourth-order valence-electron chi connectivity index (χ4n) is 4.24. The highest BCUT2D eigenvalue weighted by atomic mass is 32.2. The van der Waals surface area contributed by atoms with Crippen molar-refractivity contribution in [2.75, 3.05) is 32.9 Å². The lowest BCUT2D eigenvalue weighted by Gasteiger charge is -2.26. The molecule has 0 N–H and O–H groups in total. The molecule has 176 valence electrons. The quantitative estimate of drug-likeness (QED) is 0.470. The number of sulfonamides is 1. The molecule has 2 aliphatic rings. The lowest BCUT2D eigenvalue weighted by Crippen LogP contribution is -2.40. The highest BCUT2D eigenvalue weighted by Crippen LogP contribution is 2.31. The molecular weight excluding hydrogens is 465 g/mol. The van der Waals surface area contributed by atoms with Gasteiger partial charge in [0.15, 0.2) is 5.16 Å². The number of benzene rings is 2. The van der Waals surface area contributed by atoms with E-state index in [4.69, 9.17) is 14.5 Å². The van der Waals surface area contributed by atoms with Crippen molar-refractivity contribution >= 4 is 32.8 Å². The van der Waals surface area contributed by atoms with Crippen LogP contribution < -0.4 is 0 Å². The summed E-state index contributed by atoms with van der Waals surface area (Å²) >= 11 is 1.51. The average Bonchev–Trinajstić information content (AvgIpc) is 3.46. The SMILES string of the molecule is O=S(=O)(c1ccc2c(c1)nc(SCc1cccc(F)c1)n2C[C@H]1CCCO1)N1CCOCC1. The first-order chi connectivity index (χ1) is 16.0. The Kier molecular flexibility index (Phi) is 6.71. The Morgan fingerprint density at radius 3 is 2.73 bits per heavy atom. The third-order valence-electron chi connectivity index (χ3n) is 5.96. The summed E-state index contributed by atoms with van der Waals surface area (Å²) in [5.41, 5.74) is 2.36. The van der Waals surface area contributed by atoms with E-state index in [1.54, 1.807) is 18.2 Å². The van der Waals surface area contributed by atoms with Crippen LogP contribution >= 0.6 is 11.8 Å². The molecule has 0 unspecified atom stereocenters. The first-order valence-corrected chi connectivity index (χ1v) is 13.5. The van der Waals surface area contributed by atoms with Crippen molar-refractivity contribution in [1.82, 2.24) is 13.9 Å². The predicted molar refractivity (Wildman–Crippen MR) is 124 cm³/mol. The van der Waals surface area contributed by atoms with Crippen LogP contribution in [0.2, 0.25) is 0 Å². The number of aromatic nitrogens is 2. The van der Waals surface area contributed by atoms with E-state index >= 15 is 0 Å². The monoisotopic (exact) mass is 491 g/mol. The lowest BCUT2D eigenvalue weighted by atomic mass is 10.2. The first-order valence-electron chi connectivity index (χ1n) is 11.1.